The summed E-state index contributed by atoms with van der Waals surface area (Å²) in [5, 5.41) is 2.91. The van der Waals surface area contributed by atoms with Gasteiger partial charge < -0.3 is 5.32 Å². The Morgan fingerprint density at radius 1 is 0.861 bits per heavy atom. The summed E-state index contributed by atoms with van der Waals surface area (Å²) >= 11 is 6.37. The predicted octanol–water partition coefficient (Wildman–Crippen LogP) is 6.84. The molecule has 0 atom stereocenters. The number of anilines is 3. The number of hydrogen-bond donors (Lipinski definition) is 2. The Morgan fingerprint density at radius 3 is 2.28 bits per heavy atom. The highest BCUT2D eigenvalue weighted by atomic mass is 35.5. The van der Waals surface area contributed by atoms with E-state index in [9.17, 15) is 22.0 Å². The minimum atomic E-state index is -3.71. The Labute approximate surface area is 212 Å². The maximum absolute atomic E-state index is 13.9. The van der Waals surface area contributed by atoms with Crippen molar-refractivity contribution in [2.45, 2.75) is 12.7 Å². The van der Waals surface area contributed by atoms with E-state index in [1.54, 1.807) is 55.5 Å². The van der Waals surface area contributed by atoms with Gasteiger partial charge in [-0.05, 0) is 60.5 Å². The topological polar surface area (TPSA) is 75.3 Å². The molecule has 4 aromatic rings. The average Bonchev–Trinajstić information content (AvgIpc) is 2.82. The average molecular weight is 527 g/mol. The SMILES string of the molecule is Cc1ccc(NS(=O)(=O)Cc2ccccc2)cc1C(=O)c1ccc(Nc2ccc(F)cc2F)cc1Cl. The molecule has 0 saturated carbocycles. The number of aryl methyl sites for hydroxylation is 1. The lowest BCUT2D eigenvalue weighted by Gasteiger charge is -2.13. The molecule has 4 rings (SSSR count). The third-order valence-corrected chi connectivity index (χ3v) is 6.95. The van der Waals surface area contributed by atoms with Gasteiger partial charge in [0.1, 0.15) is 11.6 Å². The smallest absolute Gasteiger partial charge is 0.236 e. The van der Waals surface area contributed by atoms with Crippen molar-refractivity contribution >= 4 is 44.5 Å². The van der Waals surface area contributed by atoms with Gasteiger partial charge in [-0.3, -0.25) is 9.52 Å². The lowest BCUT2D eigenvalue weighted by atomic mass is 9.98. The highest BCUT2D eigenvalue weighted by Gasteiger charge is 2.18. The molecule has 36 heavy (non-hydrogen) atoms. The largest absolute Gasteiger partial charge is 0.353 e. The molecule has 0 saturated heterocycles. The number of benzene rings is 4. The first kappa shape index (κ1) is 25.3. The van der Waals surface area contributed by atoms with Crippen LogP contribution < -0.4 is 10.0 Å². The minimum Gasteiger partial charge on any atom is -0.353 e. The molecule has 0 radical (unpaired) electrons. The van der Waals surface area contributed by atoms with Gasteiger partial charge in [0, 0.05) is 28.6 Å². The standard InChI is InChI=1S/C27H21ClF2N2O3S/c1-17-7-9-21(32-36(34,35)16-18-5-3-2-4-6-18)14-23(17)27(33)22-11-10-20(15-24(22)28)31-26-12-8-19(29)13-25(26)30/h2-15,31-32H,16H2,1H3. The van der Waals surface area contributed by atoms with Gasteiger partial charge in [0.2, 0.25) is 10.0 Å². The molecule has 0 aliphatic rings. The molecule has 0 spiro atoms. The molecule has 2 N–H and O–H groups in total. The summed E-state index contributed by atoms with van der Waals surface area (Å²) < 4.78 is 54.8. The summed E-state index contributed by atoms with van der Waals surface area (Å²) in [6.45, 7) is 1.73. The van der Waals surface area contributed by atoms with Gasteiger partial charge in [-0.2, -0.15) is 0 Å². The molecule has 0 heterocycles. The quantitative estimate of drug-likeness (QED) is 0.246. The van der Waals surface area contributed by atoms with E-state index in [1.807, 2.05) is 0 Å². The van der Waals surface area contributed by atoms with E-state index in [-0.39, 0.29) is 33.3 Å². The first-order valence-electron chi connectivity index (χ1n) is 10.8. The van der Waals surface area contributed by atoms with Crippen LogP contribution in [-0.4, -0.2) is 14.2 Å². The molecule has 184 valence electrons. The van der Waals surface area contributed by atoms with E-state index in [2.05, 4.69) is 10.0 Å². The van der Waals surface area contributed by atoms with Crippen LogP contribution in [0.15, 0.2) is 84.9 Å². The minimum absolute atomic E-state index is 0.0536. The number of nitrogens with one attached hydrogen (secondary N) is 2. The molecule has 0 aliphatic heterocycles. The van der Waals surface area contributed by atoms with Crippen molar-refractivity contribution in [3.05, 3.63) is 124 Å². The highest BCUT2D eigenvalue weighted by Crippen LogP contribution is 2.29. The van der Waals surface area contributed by atoms with E-state index in [0.29, 0.717) is 16.8 Å². The van der Waals surface area contributed by atoms with Crippen molar-refractivity contribution in [3.8, 4) is 0 Å². The normalized spacial score (nSPS) is 11.2. The molecule has 0 amide bonds. The second-order valence-corrected chi connectivity index (χ2v) is 10.3. The van der Waals surface area contributed by atoms with Crippen molar-refractivity contribution in [3.63, 3.8) is 0 Å². The molecule has 0 aliphatic carbocycles. The summed E-state index contributed by atoms with van der Waals surface area (Å²) in [7, 11) is -3.71. The fourth-order valence-electron chi connectivity index (χ4n) is 3.61. The number of hydrogen-bond acceptors (Lipinski definition) is 4. The molecular formula is C27H21ClF2N2O3S. The van der Waals surface area contributed by atoms with Gasteiger partial charge in [0.25, 0.3) is 0 Å². The molecule has 0 aromatic heterocycles. The van der Waals surface area contributed by atoms with Crippen molar-refractivity contribution < 1.29 is 22.0 Å². The summed E-state index contributed by atoms with van der Waals surface area (Å²) in [5.74, 6) is -2.08. The highest BCUT2D eigenvalue weighted by molar-refractivity contribution is 7.91. The van der Waals surface area contributed by atoms with Crippen LogP contribution >= 0.6 is 11.6 Å². The second-order valence-electron chi connectivity index (χ2n) is 8.15. The zero-order chi connectivity index (χ0) is 25.9. The van der Waals surface area contributed by atoms with Crippen LogP contribution in [0.1, 0.15) is 27.0 Å². The molecule has 0 fully saturated rings. The van der Waals surface area contributed by atoms with Gasteiger partial charge in [0.15, 0.2) is 5.78 Å². The van der Waals surface area contributed by atoms with Gasteiger partial charge >= 0.3 is 0 Å². The number of carbonyl (C=O) groups excluding carboxylic acids is 1. The summed E-state index contributed by atoms with van der Waals surface area (Å²) in [6.07, 6.45) is 0. The Kier molecular flexibility index (Phi) is 7.37. The van der Waals surface area contributed by atoms with Crippen LogP contribution in [0.4, 0.5) is 25.8 Å². The molecular weight excluding hydrogens is 506 g/mol. The summed E-state index contributed by atoms with van der Waals surface area (Å²) in [6, 6.07) is 21.1. The molecule has 9 heteroatoms. The van der Waals surface area contributed by atoms with Gasteiger partial charge in [-0.1, -0.05) is 48.0 Å². The Balaban J connectivity index is 1.55. The van der Waals surface area contributed by atoms with E-state index in [4.69, 9.17) is 11.6 Å². The van der Waals surface area contributed by atoms with Crippen molar-refractivity contribution in [2.24, 2.45) is 0 Å². The first-order chi connectivity index (χ1) is 17.1. The summed E-state index contributed by atoms with van der Waals surface area (Å²) in [5.41, 5.74) is 2.45. The number of ketones is 1. The predicted molar refractivity (Wildman–Crippen MR) is 138 cm³/mol. The van der Waals surface area contributed by atoms with Crippen LogP contribution in [0.5, 0.6) is 0 Å². The van der Waals surface area contributed by atoms with Crippen molar-refractivity contribution in [1.82, 2.24) is 0 Å². The zero-order valence-electron chi connectivity index (χ0n) is 19.1. The first-order valence-corrected chi connectivity index (χ1v) is 12.9. The van der Waals surface area contributed by atoms with Crippen molar-refractivity contribution in [2.75, 3.05) is 10.0 Å². The molecule has 4 aromatic carbocycles. The number of halogens is 3. The van der Waals surface area contributed by atoms with Gasteiger partial charge in [-0.25, -0.2) is 17.2 Å². The lowest BCUT2D eigenvalue weighted by molar-refractivity contribution is 0.103. The molecule has 0 unspecified atom stereocenters. The lowest BCUT2D eigenvalue weighted by Crippen LogP contribution is -2.16. The Bertz CT molecular complexity index is 1540. The van der Waals surface area contributed by atoms with Crippen LogP contribution in [-0.2, 0) is 15.8 Å². The third-order valence-electron chi connectivity index (χ3n) is 5.38. The second kappa shape index (κ2) is 10.5. The third kappa shape index (κ3) is 6.08. The number of rotatable bonds is 8. The van der Waals surface area contributed by atoms with E-state index >= 15 is 0 Å². The van der Waals surface area contributed by atoms with Crippen LogP contribution in [0, 0.1) is 18.6 Å². The zero-order valence-corrected chi connectivity index (χ0v) is 20.6. The van der Waals surface area contributed by atoms with Crippen LogP contribution in [0.25, 0.3) is 0 Å². The van der Waals surface area contributed by atoms with Crippen LogP contribution in [0.2, 0.25) is 5.02 Å². The van der Waals surface area contributed by atoms with Gasteiger partial charge in [-0.15, -0.1) is 0 Å². The maximum Gasteiger partial charge on any atom is 0.236 e. The van der Waals surface area contributed by atoms with E-state index in [0.717, 1.165) is 12.1 Å². The fraction of sp³-hybridized carbons (Fsp3) is 0.0741. The number of sulfonamides is 1. The maximum atomic E-state index is 13.9. The summed E-state index contributed by atoms with van der Waals surface area (Å²) in [4.78, 5) is 13.3. The monoisotopic (exact) mass is 526 g/mol. The van der Waals surface area contributed by atoms with Crippen molar-refractivity contribution in [1.29, 1.82) is 0 Å². The fourth-order valence-corrected chi connectivity index (χ4v) is 5.06. The Hall–Kier alpha value is -3.75. The Morgan fingerprint density at radius 2 is 1.58 bits per heavy atom. The van der Waals surface area contributed by atoms with Gasteiger partial charge in [0.05, 0.1) is 16.5 Å². The van der Waals surface area contributed by atoms with Crippen LogP contribution in [0.3, 0.4) is 0 Å². The van der Waals surface area contributed by atoms with E-state index in [1.165, 1.54) is 24.3 Å². The number of carbonyl (C=O) groups is 1. The molecule has 5 nitrogen and oxygen atoms in total. The van der Waals surface area contributed by atoms with E-state index < -0.39 is 27.4 Å². The molecule has 0 bridgehead atoms.